The number of methoxy groups -OCH3 is 1. The maximum atomic E-state index is 5.45. The average molecular weight is 250 g/mol. The maximum absolute atomic E-state index is 5.45. The van der Waals surface area contributed by atoms with Gasteiger partial charge in [0.25, 0.3) is 0 Å². The van der Waals surface area contributed by atoms with E-state index in [-0.39, 0.29) is 0 Å². The van der Waals surface area contributed by atoms with Crippen LogP contribution in [0.25, 0.3) is 11.1 Å². The normalized spacial score (nSPS) is 9.63. The highest BCUT2D eigenvalue weighted by Crippen LogP contribution is 2.32. The molecule has 0 unspecified atom stereocenters. The van der Waals surface area contributed by atoms with E-state index in [1.807, 2.05) is 25.1 Å². The molecule has 19 heavy (non-hydrogen) atoms. The van der Waals surface area contributed by atoms with E-state index in [1.54, 1.807) is 7.11 Å². The van der Waals surface area contributed by atoms with Gasteiger partial charge in [-0.1, -0.05) is 36.3 Å². The van der Waals surface area contributed by atoms with Gasteiger partial charge in [0.2, 0.25) is 0 Å². The van der Waals surface area contributed by atoms with Gasteiger partial charge in [-0.3, -0.25) is 0 Å². The lowest BCUT2D eigenvalue weighted by atomic mass is 9.96. The molecular weight excluding hydrogens is 232 g/mol. The standard InChI is InChI=1S/C18H18O/c1-4-5-8-15-12-11-14(2)17(13-15)16-9-6-7-10-18(16)19-3/h6-7,9-13H,8H2,1-3H3. The van der Waals surface area contributed by atoms with E-state index < -0.39 is 0 Å². The molecule has 0 aliphatic rings. The van der Waals surface area contributed by atoms with E-state index in [4.69, 9.17) is 4.74 Å². The first-order chi connectivity index (χ1) is 9.26. The minimum absolute atomic E-state index is 0.791. The van der Waals surface area contributed by atoms with Gasteiger partial charge in [0, 0.05) is 12.0 Å². The molecule has 0 bridgehead atoms. The van der Waals surface area contributed by atoms with Gasteiger partial charge in [0.1, 0.15) is 5.75 Å². The van der Waals surface area contributed by atoms with Crippen molar-refractivity contribution in [3.63, 3.8) is 0 Å². The average Bonchev–Trinajstić information content (AvgIpc) is 2.46. The zero-order valence-corrected chi connectivity index (χ0v) is 11.7. The Morgan fingerprint density at radius 3 is 2.58 bits per heavy atom. The van der Waals surface area contributed by atoms with Crippen molar-refractivity contribution in [2.24, 2.45) is 0 Å². The van der Waals surface area contributed by atoms with Crippen LogP contribution in [0, 0.1) is 18.8 Å². The van der Waals surface area contributed by atoms with Gasteiger partial charge in [0.15, 0.2) is 0 Å². The van der Waals surface area contributed by atoms with Crippen molar-refractivity contribution in [1.82, 2.24) is 0 Å². The highest BCUT2D eigenvalue weighted by Gasteiger charge is 2.08. The van der Waals surface area contributed by atoms with E-state index in [2.05, 4.69) is 43.0 Å². The summed E-state index contributed by atoms with van der Waals surface area (Å²) < 4.78 is 5.45. The molecule has 0 saturated carbocycles. The number of hydrogen-bond acceptors (Lipinski definition) is 1. The molecule has 96 valence electrons. The summed E-state index contributed by atoms with van der Waals surface area (Å²) in [5, 5.41) is 0. The molecular formula is C18H18O. The van der Waals surface area contributed by atoms with Crippen molar-refractivity contribution in [2.45, 2.75) is 20.3 Å². The SMILES string of the molecule is CC#CCc1ccc(C)c(-c2ccccc2OC)c1. The first kappa shape index (κ1) is 13.2. The summed E-state index contributed by atoms with van der Waals surface area (Å²) >= 11 is 0. The lowest BCUT2D eigenvalue weighted by Gasteiger charge is -2.12. The van der Waals surface area contributed by atoms with Crippen LogP contribution in [0.3, 0.4) is 0 Å². The smallest absolute Gasteiger partial charge is 0.126 e. The molecule has 0 aliphatic carbocycles. The molecule has 2 rings (SSSR count). The van der Waals surface area contributed by atoms with Crippen LogP contribution in [-0.4, -0.2) is 7.11 Å². The Bertz CT molecular complexity index is 630. The lowest BCUT2D eigenvalue weighted by molar-refractivity contribution is 0.416. The Kier molecular flexibility index (Phi) is 4.26. The van der Waals surface area contributed by atoms with Gasteiger partial charge >= 0.3 is 0 Å². The first-order valence-electron chi connectivity index (χ1n) is 6.38. The third-order valence-electron chi connectivity index (χ3n) is 3.17. The van der Waals surface area contributed by atoms with Crippen LogP contribution in [0.2, 0.25) is 0 Å². The number of hydrogen-bond donors (Lipinski definition) is 0. The molecule has 0 aromatic heterocycles. The summed E-state index contributed by atoms with van der Waals surface area (Å²) in [6, 6.07) is 14.6. The molecule has 0 spiro atoms. The molecule has 0 N–H and O–H groups in total. The van der Waals surface area contributed by atoms with Crippen molar-refractivity contribution in [1.29, 1.82) is 0 Å². The molecule has 1 nitrogen and oxygen atoms in total. The Balaban J connectivity index is 2.50. The third kappa shape index (κ3) is 2.98. The van der Waals surface area contributed by atoms with Gasteiger partial charge in [0.05, 0.1) is 7.11 Å². The highest BCUT2D eigenvalue weighted by molar-refractivity contribution is 5.73. The predicted molar refractivity (Wildman–Crippen MR) is 80.3 cm³/mol. The summed E-state index contributed by atoms with van der Waals surface area (Å²) in [5.41, 5.74) is 4.83. The molecule has 1 heteroatoms. The maximum Gasteiger partial charge on any atom is 0.126 e. The van der Waals surface area contributed by atoms with Crippen LogP contribution in [0.15, 0.2) is 42.5 Å². The minimum Gasteiger partial charge on any atom is -0.496 e. The fourth-order valence-electron chi connectivity index (χ4n) is 2.13. The van der Waals surface area contributed by atoms with E-state index >= 15 is 0 Å². The number of benzene rings is 2. The van der Waals surface area contributed by atoms with Gasteiger partial charge in [-0.25, -0.2) is 0 Å². The molecule has 0 amide bonds. The van der Waals surface area contributed by atoms with Crippen molar-refractivity contribution in [3.05, 3.63) is 53.6 Å². The van der Waals surface area contributed by atoms with Crippen molar-refractivity contribution in [2.75, 3.05) is 7.11 Å². The number of ether oxygens (including phenoxy) is 1. The second-order valence-electron chi connectivity index (χ2n) is 4.45. The van der Waals surface area contributed by atoms with Gasteiger partial charge in [-0.05, 0) is 42.7 Å². The molecule has 2 aromatic rings. The van der Waals surface area contributed by atoms with Crippen molar-refractivity contribution in [3.8, 4) is 28.7 Å². The summed E-state index contributed by atoms with van der Waals surface area (Å²) in [5.74, 6) is 6.95. The van der Waals surface area contributed by atoms with Gasteiger partial charge in [-0.2, -0.15) is 0 Å². The highest BCUT2D eigenvalue weighted by atomic mass is 16.5. The number of para-hydroxylation sites is 1. The van der Waals surface area contributed by atoms with Crippen molar-refractivity contribution >= 4 is 0 Å². The van der Waals surface area contributed by atoms with Gasteiger partial charge in [-0.15, -0.1) is 5.92 Å². The topological polar surface area (TPSA) is 9.23 Å². The van der Waals surface area contributed by atoms with Crippen LogP contribution in [0.4, 0.5) is 0 Å². The van der Waals surface area contributed by atoms with Crippen LogP contribution in [0.1, 0.15) is 18.1 Å². The fourth-order valence-corrected chi connectivity index (χ4v) is 2.13. The molecule has 0 aliphatic heterocycles. The summed E-state index contributed by atoms with van der Waals surface area (Å²) in [6.45, 7) is 3.99. The molecule has 0 fully saturated rings. The molecule has 0 radical (unpaired) electrons. The van der Waals surface area contributed by atoms with E-state index in [1.165, 1.54) is 16.7 Å². The summed E-state index contributed by atoms with van der Waals surface area (Å²) in [6.07, 6.45) is 0.791. The van der Waals surface area contributed by atoms with Crippen LogP contribution in [0.5, 0.6) is 5.75 Å². The third-order valence-corrected chi connectivity index (χ3v) is 3.17. The van der Waals surface area contributed by atoms with Crippen molar-refractivity contribution < 1.29 is 4.74 Å². The zero-order valence-electron chi connectivity index (χ0n) is 11.7. The molecule has 0 heterocycles. The fraction of sp³-hybridized carbons (Fsp3) is 0.222. The van der Waals surface area contributed by atoms with E-state index in [0.717, 1.165) is 17.7 Å². The summed E-state index contributed by atoms with van der Waals surface area (Å²) in [4.78, 5) is 0. The first-order valence-corrected chi connectivity index (χ1v) is 6.38. The molecule has 0 saturated heterocycles. The Morgan fingerprint density at radius 2 is 1.84 bits per heavy atom. The number of rotatable bonds is 3. The quantitative estimate of drug-likeness (QED) is 0.740. The lowest BCUT2D eigenvalue weighted by Crippen LogP contribution is -1.91. The zero-order chi connectivity index (χ0) is 13.7. The van der Waals surface area contributed by atoms with Gasteiger partial charge < -0.3 is 4.74 Å². The Morgan fingerprint density at radius 1 is 1.05 bits per heavy atom. The summed E-state index contributed by atoms with van der Waals surface area (Å²) in [7, 11) is 1.71. The van der Waals surface area contributed by atoms with Crippen LogP contribution < -0.4 is 4.74 Å². The Labute approximate surface area is 115 Å². The molecule has 2 aromatic carbocycles. The predicted octanol–water partition coefficient (Wildman–Crippen LogP) is 4.24. The number of aryl methyl sites for hydroxylation is 1. The van der Waals surface area contributed by atoms with Crippen LogP contribution >= 0.6 is 0 Å². The van der Waals surface area contributed by atoms with E-state index in [0.29, 0.717) is 0 Å². The Hall–Kier alpha value is -2.20. The monoisotopic (exact) mass is 250 g/mol. The van der Waals surface area contributed by atoms with Crippen LogP contribution in [-0.2, 0) is 6.42 Å². The second-order valence-corrected chi connectivity index (χ2v) is 4.45. The van der Waals surface area contributed by atoms with E-state index in [9.17, 15) is 0 Å². The molecule has 0 atom stereocenters. The second kappa shape index (κ2) is 6.11. The largest absolute Gasteiger partial charge is 0.496 e. The minimum atomic E-state index is 0.791.